The van der Waals surface area contributed by atoms with Gasteiger partial charge in [0.25, 0.3) is 0 Å². The number of ether oxygens (including phenoxy) is 1. The smallest absolute Gasteiger partial charge is 0.370 e. The summed E-state index contributed by atoms with van der Waals surface area (Å²) in [7, 11) is 0. The minimum atomic E-state index is -1.76. The lowest BCUT2D eigenvalue weighted by Gasteiger charge is -2.40. The van der Waals surface area contributed by atoms with Gasteiger partial charge in [-0.15, -0.1) is 0 Å². The zero-order valence-corrected chi connectivity index (χ0v) is 15.1. The molecule has 13 heteroatoms. The Bertz CT molecular complexity index is 648. The third-order valence-corrected chi connectivity index (χ3v) is 3.79. The lowest BCUT2D eigenvalue weighted by Crippen LogP contribution is -2.63. The molecule has 158 valence electrons. The number of aliphatic hydroxyl groups excluding tert-OH is 3. The van der Waals surface area contributed by atoms with Crippen LogP contribution in [0, 0.1) is 0 Å². The van der Waals surface area contributed by atoms with E-state index in [2.05, 4.69) is 15.6 Å². The molecule has 0 bridgehead atoms. The molecular weight excluding hydrogens is 378 g/mol. The normalized spacial score (nSPS) is 23.4. The Morgan fingerprint density at radius 3 is 2.43 bits per heavy atom. The number of aliphatic carboxylic acids is 1. The molecule has 1 aliphatic rings. The average molecular weight is 403 g/mol. The number of hydrogen-bond donors (Lipinski definition) is 8. The highest BCUT2D eigenvalue weighted by molar-refractivity contribution is 5.85. The molecule has 0 unspecified atom stereocenters. The van der Waals surface area contributed by atoms with Crippen molar-refractivity contribution in [1.29, 1.82) is 0 Å². The highest BCUT2D eigenvalue weighted by atomic mass is 16.5. The van der Waals surface area contributed by atoms with E-state index in [4.69, 9.17) is 21.3 Å². The first-order valence-electron chi connectivity index (χ1n) is 8.27. The van der Waals surface area contributed by atoms with E-state index in [1.807, 2.05) is 0 Å². The number of guanidine groups is 1. The fourth-order valence-electron chi connectivity index (χ4n) is 2.54. The lowest BCUT2D eigenvalue weighted by molar-refractivity contribution is -0.147. The third kappa shape index (κ3) is 6.68. The predicted molar refractivity (Wildman–Crippen MR) is 94.5 cm³/mol. The minimum absolute atomic E-state index is 0.0209. The molecule has 0 aliphatic carbocycles. The topological polar surface area (TPSA) is 230 Å². The number of carbonyl (C=O) groups is 3. The van der Waals surface area contributed by atoms with Gasteiger partial charge in [0.05, 0.1) is 25.2 Å². The maximum absolute atomic E-state index is 12.1. The van der Waals surface area contributed by atoms with E-state index in [0.29, 0.717) is 0 Å². The molecule has 28 heavy (non-hydrogen) atoms. The molecule has 1 aliphatic heterocycles. The largest absolute Gasteiger partial charge is 0.478 e. The van der Waals surface area contributed by atoms with Gasteiger partial charge < -0.3 is 47.3 Å². The van der Waals surface area contributed by atoms with Gasteiger partial charge in [-0.05, 0) is 6.08 Å². The number of hydrogen-bond acceptors (Lipinski definition) is 8. The Morgan fingerprint density at radius 2 is 1.93 bits per heavy atom. The number of aliphatic hydroxyl groups is 3. The monoisotopic (exact) mass is 403 g/mol. The first-order chi connectivity index (χ1) is 13.1. The molecule has 10 N–H and O–H groups in total. The summed E-state index contributed by atoms with van der Waals surface area (Å²) in [6, 6.07) is -2.23. The van der Waals surface area contributed by atoms with Crippen molar-refractivity contribution in [3.63, 3.8) is 0 Å². The SMILES string of the molecule is CC(=O)N[C@H]1[C@H]([C@H](O)[C@H](O)CO)OC(C(=O)O)=C[C@@H]1NC(=O)CCN=C(N)N. The van der Waals surface area contributed by atoms with E-state index in [9.17, 15) is 29.7 Å². The summed E-state index contributed by atoms with van der Waals surface area (Å²) < 4.78 is 5.19. The Hall–Kier alpha value is -2.90. The molecule has 5 atom stereocenters. The van der Waals surface area contributed by atoms with Gasteiger partial charge >= 0.3 is 5.97 Å². The first-order valence-corrected chi connectivity index (χ1v) is 8.27. The zero-order valence-electron chi connectivity index (χ0n) is 15.1. The standard InChI is InChI=1S/C15H25N5O8/c1-6(22)19-11-7(20-10(24)2-3-18-15(16)17)4-9(14(26)27)28-13(11)12(25)8(23)5-21/h4,7-8,11-13,21,23,25H,2-3,5H2,1H3,(H,19,22)(H,20,24)(H,26,27)(H4,16,17,18)/t7-,8+,11+,12+,13+/m0/s1. The number of carbonyl (C=O) groups excluding carboxylic acids is 2. The third-order valence-electron chi connectivity index (χ3n) is 3.79. The van der Waals surface area contributed by atoms with Crippen LogP contribution < -0.4 is 22.1 Å². The molecule has 0 radical (unpaired) electrons. The van der Waals surface area contributed by atoms with Gasteiger partial charge in [0.2, 0.25) is 17.6 Å². The molecule has 1 rings (SSSR count). The molecule has 0 aromatic heterocycles. The van der Waals surface area contributed by atoms with E-state index in [1.165, 1.54) is 6.92 Å². The highest BCUT2D eigenvalue weighted by Crippen LogP contribution is 2.23. The number of aliphatic imine (C=N–C) groups is 1. The zero-order chi connectivity index (χ0) is 21.4. The number of carboxylic acid groups (broad SMARTS) is 1. The quantitative estimate of drug-likeness (QED) is 0.136. The Morgan fingerprint density at radius 1 is 1.29 bits per heavy atom. The van der Waals surface area contributed by atoms with Crippen LogP contribution in [-0.2, 0) is 19.1 Å². The summed E-state index contributed by atoms with van der Waals surface area (Å²) >= 11 is 0. The van der Waals surface area contributed by atoms with Gasteiger partial charge in [-0.2, -0.15) is 0 Å². The van der Waals surface area contributed by atoms with Crippen molar-refractivity contribution in [3.05, 3.63) is 11.8 Å². The minimum Gasteiger partial charge on any atom is -0.478 e. The molecule has 0 saturated heterocycles. The van der Waals surface area contributed by atoms with Crippen LogP contribution in [-0.4, -0.2) is 87.7 Å². The van der Waals surface area contributed by atoms with Crippen molar-refractivity contribution >= 4 is 23.7 Å². The molecule has 1 heterocycles. The van der Waals surface area contributed by atoms with Crippen LogP contribution in [0.2, 0.25) is 0 Å². The summed E-state index contributed by atoms with van der Waals surface area (Å²) in [5.74, 6) is -3.42. The van der Waals surface area contributed by atoms with Crippen LogP contribution in [0.1, 0.15) is 13.3 Å². The maximum atomic E-state index is 12.1. The predicted octanol–water partition coefficient (Wildman–Crippen LogP) is -4.28. The Labute approximate surface area is 160 Å². The second-order valence-electron chi connectivity index (χ2n) is 6.04. The van der Waals surface area contributed by atoms with E-state index >= 15 is 0 Å². The number of carboxylic acids is 1. The molecule has 13 nitrogen and oxygen atoms in total. The number of nitrogens with zero attached hydrogens (tertiary/aromatic N) is 1. The summed E-state index contributed by atoms with van der Waals surface area (Å²) in [5, 5.41) is 43.1. The van der Waals surface area contributed by atoms with Crippen LogP contribution in [0.15, 0.2) is 16.8 Å². The molecule has 2 amide bonds. The molecule has 0 saturated carbocycles. The van der Waals surface area contributed by atoms with Gasteiger partial charge in [-0.3, -0.25) is 14.6 Å². The number of nitrogens with two attached hydrogens (primary N) is 2. The summed E-state index contributed by atoms with van der Waals surface area (Å²) in [4.78, 5) is 38.7. The van der Waals surface area contributed by atoms with Gasteiger partial charge in [0.1, 0.15) is 18.3 Å². The summed E-state index contributed by atoms with van der Waals surface area (Å²) in [5.41, 5.74) is 10.3. The molecular formula is C15H25N5O8. The van der Waals surface area contributed by atoms with Gasteiger partial charge in [0.15, 0.2) is 5.96 Å². The lowest BCUT2D eigenvalue weighted by atomic mass is 9.92. The van der Waals surface area contributed by atoms with Crippen molar-refractivity contribution < 1.29 is 39.5 Å². The number of rotatable bonds is 9. The second kappa shape index (κ2) is 10.4. The molecule has 0 aromatic rings. The average Bonchev–Trinajstić information content (AvgIpc) is 2.60. The van der Waals surface area contributed by atoms with Crippen molar-refractivity contribution in [2.45, 2.75) is 43.7 Å². The van der Waals surface area contributed by atoms with E-state index in [1.54, 1.807) is 0 Å². The highest BCUT2D eigenvalue weighted by Gasteiger charge is 2.43. The Kier molecular flexibility index (Phi) is 8.63. The van der Waals surface area contributed by atoms with Crippen molar-refractivity contribution in [3.8, 4) is 0 Å². The van der Waals surface area contributed by atoms with Crippen LogP contribution in [0.5, 0.6) is 0 Å². The van der Waals surface area contributed by atoms with Crippen molar-refractivity contribution in [2.75, 3.05) is 13.2 Å². The van der Waals surface area contributed by atoms with Gasteiger partial charge in [-0.25, -0.2) is 4.79 Å². The van der Waals surface area contributed by atoms with Crippen LogP contribution >= 0.6 is 0 Å². The molecule has 0 spiro atoms. The van der Waals surface area contributed by atoms with E-state index < -0.39 is 60.5 Å². The fourth-order valence-corrected chi connectivity index (χ4v) is 2.54. The fraction of sp³-hybridized carbons (Fsp3) is 0.600. The van der Waals surface area contributed by atoms with Gasteiger partial charge in [0, 0.05) is 13.3 Å². The maximum Gasteiger partial charge on any atom is 0.370 e. The summed E-state index contributed by atoms with van der Waals surface area (Å²) in [6.07, 6.45) is -3.98. The van der Waals surface area contributed by atoms with Crippen LogP contribution in [0.25, 0.3) is 0 Å². The Balaban J connectivity index is 3.12. The molecule has 0 fully saturated rings. The van der Waals surface area contributed by atoms with Crippen LogP contribution in [0.3, 0.4) is 0 Å². The van der Waals surface area contributed by atoms with E-state index in [-0.39, 0.29) is 18.9 Å². The second-order valence-corrected chi connectivity index (χ2v) is 6.04. The number of amides is 2. The van der Waals surface area contributed by atoms with E-state index in [0.717, 1.165) is 6.08 Å². The molecule has 0 aromatic carbocycles. The summed E-state index contributed by atoms with van der Waals surface area (Å²) in [6.45, 7) is 0.308. The van der Waals surface area contributed by atoms with Gasteiger partial charge in [-0.1, -0.05) is 0 Å². The first kappa shape index (κ1) is 23.1. The number of nitrogens with one attached hydrogen (secondary N) is 2. The van der Waals surface area contributed by atoms with Crippen molar-refractivity contribution in [1.82, 2.24) is 10.6 Å². The van der Waals surface area contributed by atoms with Crippen molar-refractivity contribution in [2.24, 2.45) is 16.5 Å². The van der Waals surface area contributed by atoms with Crippen LogP contribution in [0.4, 0.5) is 0 Å².